The first kappa shape index (κ1) is 18.3. The maximum atomic E-state index is 12.9. The Morgan fingerprint density at radius 3 is 2.53 bits per heavy atom. The summed E-state index contributed by atoms with van der Waals surface area (Å²) in [5.74, 6) is 0.630. The Kier molecular flexibility index (Phi) is 4.64. The van der Waals surface area contributed by atoms with Gasteiger partial charge < -0.3 is 9.64 Å². The Morgan fingerprint density at radius 1 is 0.967 bits per heavy atom. The van der Waals surface area contributed by atoms with Crippen molar-refractivity contribution >= 4 is 22.6 Å². The lowest BCUT2D eigenvalue weighted by molar-refractivity contribution is -0.124. The van der Waals surface area contributed by atoms with Crippen molar-refractivity contribution < 1.29 is 9.53 Å². The zero-order valence-electron chi connectivity index (χ0n) is 16.7. The maximum Gasteiger partial charge on any atom is 0.267 e. The molecule has 148 valence electrons. The van der Waals surface area contributed by atoms with Crippen LogP contribution in [-0.2, 0) is 11.2 Å². The van der Waals surface area contributed by atoms with Crippen LogP contribution in [-0.4, -0.2) is 28.5 Å². The average Bonchev–Trinajstić information content (AvgIpc) is 3.23. The van der Waals surface area contributed by atoms with Gasteiger partial charge in [-0.15, -0.1) is 0 Å². The van der Waals surface area contributed by atoms with E-state index in [2.05, 4.69) is 16.0 Å². The molecule has 2 heterocycles. The van der Waals surface area contributed by atoms with Crippen LogP contribution in [0, 0.1) is 0 Å². The van der Waals surface area contributed by atoms with Crippen molar-refractivity contribution in [2.24, 2.45) is 0 Å². The number of fused-ring (bicyclic) bond motifs is 2. The molecule has 4 aromatic rings. The first-order valence-electron chi connectivity index (χ1n) is 10.1. The third-order valence-corrected chi connectivity index (χ3v) is 5.41. The van der Waals surface area contributed by atoms with E-state index in [0.29, 0.717) is 12.3 Å². The lowest BCUT2D eigenvalue weighted by Gasteiger charge is -2.22. The fraction of sp³-hybridized carbons (Fsp3) is 0.160. The number of aromatic nitrogens is 2. The number of hydrogen-bond acceptors (Lipinski definition) is 4. The number of nitrogens with zero attached hydrogens (tertiary/aromatic N) is 3. The number of amides is 1. The molecule has 1 aliphatic heterocycles. The van der Waals surface area contributed by atoms with Gasteiger partial charge >= 0.3 is 0 Å². The Hall–Kier alpha value is -3.73. The fourth-order valence-electron chi connectivity index (χ4n) is 3.84. The van der Waals surface area contributed by atoms with Crippen molar-refractivity contribution in [1.29, 1.82) is 0 Å². The minimum absolute atomic E-state index is 0.0237. The molecule has 0 unspecified atom stereocenters. The van der Waals surface area contributed by atoms with E-state index in [-0.39, 0.29) is 5.91 Å². The smallest absolute Gasteiger partial charge is 0.267 e. The second kappa shape index (κ2) is 7.59. The second-order valence-electron chi connectivity index (χ2n) is 7.40. The van der Waals surface area contributed by atoms with E-state index in [1.165, 1.54) is 5.56 Å². The molecule has 5 rings (SSSR count). The van der Waals surface area contributed by atoms with Gasteiger partial charge in [0.15, 0.2) is 6.10 Å². The third-order valence-electron chi connectivity index (χ3n) is 5.41. The highest BCUT2D eigenvalue weighted by Gasteiger charge is 2.28. The van der Waals surface area contributed by atoms with Crippen LogP contribution >= 0.6 is 0 Å². The normalized spacial score (nSPS) is 13.8. The van der Waals surface area contributed by atoms with Gasteiger partial charge in [-0.25, -0.2) is 4.98 Å². The summed E-state index contributed by atoms with van der Waals surface area (Å²) in [7, 11) is 0. The van der Waals surface area contributed by atoms with Crippen LogP contribution in [0.2, 0.25) is 0 Å². The topological polar surface area (TPSA) is 55.3 Å². The Balaban J connectivity index is 1.30. The van der Waals surface area contributed by atoms with Crippen LogP contribution < -0.4 is 9.64 Å². The lowest BCUT2D eigenvalue weighted by Crippen LogP contribution is -2.39. The molecule has 0 saturated carbocycles. The molecule has 30 heavy (non-hydrogen) atoms. The standard InChI is InChI=1S/C25H21N3O2/c1-17(25(29)28-15-14-19-6-2-5-9-24(19)28)30-20-12-10-18(11-13-20)23-16-26-21-7-3-4-8-22(21)27-23/h2-13,16-17H,14-15H2,1H3/t17-/m1/s1. The number of benzene rings is 3. The Labute approximate surface area is 175 Å². The molecule has 0 saturated heterocycles. The Bertz CT molecular complexity index is 1220. The van der Waals surface area contributed by atoms with Gasteiger partial charge in [0.1, 0.15) is 5.75 Å². The fourth-order valence-corrected chi connectivity index (χ4v) is 3.84. The van der Waals surface area contributed by atoms with E-state index in [1.54, 1.807) is 13.1 Å². The average molecular weight is 395 g/mol. The largest absolute Gasteiger partial charge is 0.481 e. The summed E-state index contributed by atoms with van der Waals surface area (Å²) in [4.78, 5) is 23.9. The molecule has 1 aliphatic rings. The van der Waals surface area contributed by atoms with Gasteiger partial charge in [-0.05, 0) is 61.4 Å². The van der Waals surface area contributed by atoms with Crippen LogP contribution in [0.1, 0.15) is 12.5 Å². The monoisotopic (exact) mass is 395 g/mol. The molecule has 5 nitrogen and oxygen atoms in total. The molecule has 1 amide bonds. The number of carbonyl (C=O) groups excluding carboxylic acids is 1. The second-order valence-corrected chi connectivity index (χ2v) is 7.40. The van der Waals surface area contributed by atoms with Gasteiger partial charge in [0.25, 0.3) is 5.91 Å². The zero-order valence-corrected chi connectivity index (χ0v) is 16.7. The molecule has 0 spiro atoms. The molecule has 5 heteroatoms. The van der Waals surface area contributed by atoms with Crippen molar-refractivity contribution in [2.45, 2.75) is 19.4 Å². The molecule has 1 atom stereocenters. The van der Waals surface area contributed by atoms with Crippen molar-refractivity contribution in [1.82, 2.24) is 9.97 Å². The van der Waals surface area contributed by atoms with Gasteiger partial charge in [-0.2, -0.15) is 0 Å². The summed E-state index contributed by atoms with van der Waals surface area (Å²) in [6, 6.07) is 23.5. The van der Waals surface area contributed by atoms with Crippen LogP contribution in [0.15, 0.2) is 79.0 Å². The molecule has 0 N–H and O–H groups in total. The maximum absolute atomic E-state index is 12.9. The SMILES string of the molecule is C[C@@H](Oc1ccc(-c2cnc3ccccc3n2)cc1)C(=O)N1CCc2ccccc21. The van der Waals surface area contributed by atoms with Crippen LogP contribution in [0.3, 0.4) is 0 Å². The quantitative estimate of drug-likeness (QED) is 0.505. The van der Waals surface area contributed by atoms with Crippen molar-refractivity contribution in [3.8, 4) is 17.0 Å². The van der Waals surface area contributed by atoms with E-state index >= 15 is 0 Å². The highest BCUT2D eigenvalue weighted by atomic mass is 16.5. The summed E-state index contributed by atoms with van der Waals surface area (Å²) < 4.78 is 5.94. The molecule has 1 aromatic heterocycles. The first-order valence-corrected chi connectivity index (χ1v) is 10.1. The molecule has 0 aliphatic carbocycles. The molecular weight excluding hydrogens is 374 g/mol. The Morgan fingerprint density at radius 2 is 1.70 bits per heavy atom. The van der Waals surface area contributed by atoms with Crippen LogP contribution in [0.4, 0.5) is 5.69 Å². The van der Waals surface area contributed by atoms with E-state index in [4.69, 9.17) is 4.74 Å². The number of carbonyl (C=O) groups is 1. The summed E-state index contributed by atoms with van der Waals surface area (Å²) in [5.41, 5.74) is 5.69. The highest BCUT2D eigenvalue weighted by molar-refractivity contribution is 5.98. The highest BCUT2D eigenvalue weighted by Crippen LogP contribution is 2.29. The van der Waals surface area contributed by atoms with Crippen molar-refractivity contribution in [3.63, 3.8) is 0 Å². The van der Waals surface area contributed by atoms with Crippen molar-refractivity contribution in [3.05, 3.63) is 84.6 Å². The number of rotatable bonds is 4. The number of ether oxygens (including phenoxy) is 1. The number of hydrogen-bond donors (Lipinski definition) is 0. The summed E-state index contributed by atoms with van der Waals surface area (Å²) in [6.07, 6.45) is 2.09. The van der Waals surface area contributed by atoms with Gasteiger partial charge in [-0.3, -0.25) is 9.78 Å². The minimum Gasteiger partial charge on any atom is -0.481 e. The lowest BCUT2D eigenvalue weighted by atomic mass is 10.1. The van der Waals surface area contributed by atoms with E-state index in [1.807, 2.05) is 71.6 Å². The van der Waals surface area contributed by atoms with E-state index < -0.39 is 6.10 Å². The summed E-state index contributed by atoms with van der Waals surface area (Å²) in [5, 5.41) is 0. The van der Waals surface area contributed by atoms with E-state index in [9.17, 15) is 4.79 Å². The minimum atomic E-state index is -0.567. The van der Waals surface area contributed by atoms with Gasteiger partial charge in [-0.1, -0.05) is 30.3 Å². The third kappa shape index (κ3) is 3.39. The summed E-state index contributed by atoms with van der Waals surface area (Å²) in [6.45, 7) is 2.50. The van der Waals surface area contributed by atoms with Crippen LogP contribution in [0.5, 0.6) is 5.75 Å². The molecule has 0 bridgehead atoms. The van der Waals surface area contributed by atoms with Gasteiger partial charge in [0.2, 0.25) is 0 Å². The van der Waals surface area contributed by atoms with Crippen LogP contribution in [0.25, 0.3) is 22.3 Å². The molecule has 0 radical (unpaired) electrons. The zero-order chi connectivity index (χ0) is 20.5. The predicted molar refractivity (Wildman–Crippen MR) is 118 cm³/mol. The van der Waals surface area contributed by atoms with Gasteiger partial charge in [0.05, 0.1) is 22.9 Å². The van der Waals surface area contributed by atoms with E-state index in [0.717, 1.165) is 34.4 Å². The molecular formula is C25H21N3O2. The molecule has 3 aromatic carbocycles. The number of para-hydroxylation sites is 3. The molecule has 0 fully saturated rings. The first-order chi connectivity index (χ1) is 14.7. The summed E-state index contributed by atoms with van der Waals surface area (Å²) >= 11 is 0. The van der Waals surface area contributed by atoms with Crippen molar-refractivity contribution in [2.75, 3.05) is 11.4 Å². The predicted octanol–water partition coefficient (Wildman–Crippen LogP) is 4.65. The van der Waals surface area contributed by atoms with Gasteiger partial charge in [0, 0.05) is 17.8 Å². The number of anilines is 1.